The highest BCUT2D eigenvalue weighted by Gasteiger charge is 2.15. The van der Waals surface area contributed by atoms with Gasteiger partial charge in [0.2, 0.25) is 5.82 Å². The molecule has 0 aliphatic heterocycles. The first-order valence-electron chi connectivity index (χ1n) is 6.91. The van der Waals surface area contributed by atoms with Gasteiger partial charge in [-0.1, -0.05) is 13.8 Å². The standard InChI is InChI=1S/C13H23N5O2/c1-4-17(5-2)10-6-9-15-13-11(18(19)20)7-8-12(14-3)16-13/h7-8H,4-6,9-10H2,1-3H3,(H2,14,15,16). The van der Waals surface area contributed by atoms with Crippen LogP contribution in [-0.2, 0) is 0 Å². The Bertz CT molecular complexity index is 435. The summed E-state index contributed by atoms with van der Waals surface area (Å²) in [7, 11) is 1.73. The number of nitrogens with one attached hydrogen (secondary N) is 2. The molecule has 0 radical (unpaired) electrons. The molecule has 7 heteroatoms. The summed E-state index contributed by atoms with van der Waals surface area (Å²) in [6, 6.07) is 3.06. The van der Waals surface area contributed by atoms with Gasteiger partial charge in [0.25, 0.3) is 0 Å². The third-order valence-electron chi connectivity index (χ3n) is 3.16. The van der Waals surface area contributed by atoms with Crippen LogP contribution in [0.2, 0.25) is 0 Å². The molecule has 0 aliphatic rings. The van der Waals surface area contributed by atoms with Gasteiger partial charge in [0, 0.05) is 19.7 Å². The van der Waals surface area contributed by atoms with E-state index < -0.39 is 4.92 Å². The van der Waals surface area contributed by atoms with Crippen molar-refractivity contribution >= 4 is 17.3 Å². The summed E-state index contributed by atoms with van der Waals surface area (Å²) >= 11 is 0. The predicted molar refractivity (Wildman–Crippen MR) is 81.3 cm³/mol. The molecule has 1 heterocycles. The van der Waals surface area contributed by atoms with Gasteiger partial charge in [0.1, 0.15) is 5.82 Å². The van der Waals surface area contributed by atoms with Gasteiger partial charge < -0.3 is 15.5 Å². The van der Waals surface area contributed by atoms with E-state index in [1.54, 1.807) is 13.1 Å². The number of rotatable bonds is 9. The third kappa shape index (κ3) is 4.65. The quantitative estimate of drug-likeness (QED) is 0.410. The number of nitro groups is 1. The van der Waals surface area contributed by atoms with Crippen molar-refractivity contribution in [3.63, 3.8) is 0 Å². The lowest BCUT2D eigenvalue weighted by molar-refractivity contribution is -0.384. The second-order valence-electron chi connectivity index (χ2n) is 4.38. The smallest absolute Gasteiger partial charge is 0.311 e. The molecule has 0 aromatic carbocycles. The van der Waals surface area contributed by atoms with Crippen LogP contribution in [0, 0.1) is 10.1 Å². The highest BCUT2D eigenvalue weighted by molar-refractivity contribution is 5.60. The van der Waals surface area contributed by atoms with Crippen LogP contribution in [-0.4, -0.2) is 48.0 Å². The Morgan fingerprint density at radius 3 is 2.60 bits per heavy atom. The van der Waals surface area contributed by atoms with Crippen molar-refractivity contribution in [1.29, 1.82) is 0 Å². The zero-order valence-electron chi connectivity index (χ0n) is 12.3. The molecule has 0 saturated heterocycles. The number of aromatic nitrogens is 1. The summed E-state index contributed by atoms with van der Waals surface area (Å²) in [5.41, 5.74) is 0.00633. The zero-order valence-corrected chi connectivity index (χ0v) is 12.3. The van der Waals surface area contributed by atoms with Gasteiger partial charge in [-0.2, -0.15) is 0 Å². The van der Waals surface area contributed by atoms with Gasteiger partial charge in [-0.3, -0.25) is 10.1 Å². The van der Waals surface area contributed by atoms with Crippen LogP contribution in [0.1, 0.15) is 20.3 Å². The van der Waals surface area contributed by atoms with E-state index in [0.29, 0.717) is 18.2 Å². The maximum Gasteiger partial charge on any atom is 0.311 e. The Hall–Kier alpha value is -1.89. The summed E-state index contributed by atoms with van der Waals surface area (Å²) in [6.07, 6.45) is 0.921. The lowest BCUT2D eigenvalue weighted by Gasteiger charge is -2.17. The molecule has 112 valence electrons. The molecular weight excluding hydrogens is 258 g/mol. The minimum atomic E-state index is -0.417. The SMILES string of the molecule is CCN(CC)CCCNc1nc(NC)ccc1[N+](=O)[O-]. The van der Waals surface area contributed by atoms with E-state index in [0.717, 1.165) is 26.1 Å². The highest BCUT2D eigenvalue weighted by Crippen LogP contribution is 2.23. The molecule has 0 saturated carbocycles. The fourth-order valence-corrected chi connectivity index (χ4v) is 1.92. The van der Waals surface area contributed by atoms with Crippen molar-refractivity contribution in [2.45, 2.75) is 20.3 Å². The van der Waals surface area contributed by atoms with Crippen molar-refractivity contribution in [2.24, 2.45) is 0 Å². The van der Waals surface area contributed by atoms with Gasteiger partial charge in [0.05, 0.1) is 4.92 Å². The van der Waals surface area contributed by atoms with Crippen LogP contribution in [0.3, 0.4) is 0 Å². The number of nitrogens with zero attached hydrogens (tertiary/aromatic N) is 3. The fraction of sp³-hybridized carbons (Fsp3) is 0.615. The summed E-state index contributed by atoms with van der Waals surface area (Å²) < 4.78 is 0. The van der Waals surface area contributed by atoms with E-state index >= 15 is 0 Å². The van der Waals surface area contributed by atoms with Crippen LogP contribution in [0.5, 0.6) is 0 Å². The van der Waals surface area contributed by atoms with E-state index in [1.807, 2.05) is 0 Å². The molecule has 20 heavy (non-hydrogen) atoms. The summed E-state index contributed by atoms with van der Waals surface area (Å²) in [6.45, 7) is 7.92. The third-order valence-corrected chi connectivity index (χ3v) is 3.16. The van der Waals surface area contributed by atoms with Crippen molar-refractivity contribution in [3.8, 4) is 0 Å². The number of anilines is 2. The lowest BCUT2D eigenvalue weighted by Crippen LogP contribution is -2.25. The summed E-state index contributed by atoms with van der Waals surface area (Å²) in [5, 5.41) is 16.9. The summed E-state index contributed by atoms with van der Waals surface area (Å²) in [4.78, 5) is 17.0. The maximum absolute atomic E-state index is 11.0. The Kier molecular flexibility index (Phi) is 6.72. The largest absolute Gasteiger partial charge is 0.373 e. The molecule has 0 unspecified atom stereocenters. The van der Waals surface area contributed by atoms with E-state index in [2.05, 4.69) is 34.4 Å². The molecule has 2 N–H and O–H groups in total. The fourth-order valence-electron chi connectivity index (χ4n) is 1.92. The lowest BCUT2D eigenvalue weighted by atomic mass is 10.3. The van der Waals surface area contributed by atoms with Crippen molar-refractivity contribution < 1.29 is 4.92 Å². The molecule has 0 bridgehead atoms. The first-order valence-corrected chi connectivity index (χ1v) is 6.91. The van der Waals surface area contributed by atoms with E-state index in [9.17, 15) is 10.1 Å². The molecule has 0 aliphatic carbocycles. The number of hydrogen-bond donors (Lipinski definition) is 2. The van der Waals surface area contributed by atoms with Gasteiger partial charge in [0.15, 0.2) is 0 Å². The Labute approximate surface area is 119 Å². The summed E-state index contributed by atoms with van der Waals surface area (Å²) in [5.74, 6) is 0.934. The second-order valence-corrected chi connectivity index (χ2v) is 4.38. The predicted octanol–water partition coefficient (Wildman–Crippen LogP) is 2.18. The number of pyridine rings is 1. The van der Waals surface area contributed by atoms with Crippen molar-refractivity contribution in [1.82, 2.24) is 9.88 Å². The topological polar surface area (TPSA) is 83.3 Å². The minimum Gasteiger partial charge on any atom is -0.373 e. The molecule has 0 fully saturated rings. The van der Waals surface area contributed by atoms with Crippen LogP contribution in [0.4, 0.5) is 17.3 Å². The highest BCUT2D eigenvalue weighted by atomic mass is 16.6. The second kappa shape index (κ2) is 8.31. The Morgan fingerprint density at radius 2 is 2.05 bits per heavy atom. The van der Waals surface area contributed by atoms with Crippen LogP contribution in [0.25, 0.3) is 0 Å². The number of hydrogen-bond acceptors (Lipinski definition) is 6. The van der Waals surface area contributed by atoms with Crippen molar-refractivity contribution in [2.75, 3.05) is 43.9 Å². The molecule has 1 rings (SSSR count). The van der Waals surface area contributed by atoms with Crippen LogP contribution >= 0.6 is 0 Å². The molecule has 1 aromatic rings. The normalized spacial score (nSPS) is 10.6. The average molecular weight is 281 g/mol. The van der Waals surface area contributed by atoms with E-state index in [4.69, 9.17) is 0 Å². The van der Waals surface area contributed by atoms with Gasteiger partial charge in [-0.25, -0.2) is 4.98 Å². The van der Waals surface area contributed by atoms with E-state index in [1.165, 1.54) is 6.07 Å². The molecule has 0 atom stereocenters. The first kappa shape index (κ1) is 16.2. The molecule has 0 spiro atoms. The van der Waals surface area contributed by atoms with Crippen molar-refractivity contribution in [3.05, 3.63) is 22.2 Å². The van der Waals surface area contributed by atoms with E-state index in [-0.39, 0.29) is 5.69 Å². The minimum absolute atomic E-state index is 0.00633. The zero-order chi connectivity index (χ0) is 15.0. The maximum atomic E-state index is 11.0. The Morgan fingerprint density at radius 1 is 1.35 bits per heavy atom. The molecular formula is C13H23N5O2. The van der Waals surface area contributed by atoms with Gasteiger partial charge in [-0.05, 0) is 32.1 Å². The van der Waals surface area contributed by atoms with Crippen LogP contribution < -0.4 is 10.6 Å². The first-order chi connectivity index (χ1) is 9.62. The molecule has 7 nitrogen and oxygen atoms in total. The molecule has 1 aromatic heterocycles. The average Bonchev–Trinajstić information content (AvgIpc) is 2.47. The van der Waals surface area contributed by atoms with Gasteiger partial charge in [-0.15, -0.1) is 0 Å². The molecule has 0 amide bonds. The Balaban J connectivity index is 2.59. The van der Waals surface area contributed by atoms with Crippen LogP contribution in [0.15, 0.2) is 12.1 Å². The van der Waals surface area contributed by atoms with Gasteiger partial charge >= 0.3 is 5.69 Å². The monoisotopic (exact) mass is 281 g/mol.